The van der Waals surface area contributed by atoms with Crippen LogP contribution in [0.3, 0.4) is 0 Å². The first kappa shape index (κ1) is 15.7. The molecule has 0 radical (unpaired) electrons. The zero-order valence-electron chi connectivity index (χ0n) is 12.9. The minimum Gasteiger partial charge on any atom is -0.359 e. The number of ether oxygens (including phenoxy) is 1. The third-order valence-corrected chi connectivity index (χ3v) is 6.08. The minimum atomic E-state index is -1.24. The summed E-state index contributed by atoms with van der Waals surface area (Å²) in [6.07, 6.45) is 1.48. The Bertz CT molecular complexity index is 879. The lowest BCUT2D eigenvalue weighted by molar-refractivity contribution is -0.139. The molecule has 2 amide bonds. The molecule has 0 aliphatic carbocycles. The molecule has 4 heterocycles. The number of hydrogen-bond acceptors (Lipinski definition) is 6. The maximum Gasteiger partial charge on any atom is 0.241 e. The number of aromatic nitrogens is 1. The molecule has 3 fully saturated rings. The molecule has 7 nitrogen and oxygen atoms in total. The van der Waals surface area contributed by atoms with Crippen LogP contribution in [0, 0.1) is 26.7 Å². The van der Waals surface area contributed by atoms with E-state index in [1.165, 1.54) is 6.20 Å². The lowest BCUT2D eigenvalue weighted by atomic mass is 9.68. The van der Waals surface area contributed by atoms with E-state index in [-0.39, 0.29) is 23.8 Å². The Morgan fingerprint density at radius 1 is 1.33 bits per heavy atom. The number of rotatable bonds is 1. The summed E-state index contributed by atoms with van der Waals surface area (Å²) >= 11 is 1.94. The van der Waals surface area contributed by atoms with Gasteiger partial charge in [0.05, 0.1) is 32.9 Å². The maximum absolute atomic E-state index is 12.9. The molecule has 122 valence electrons. The number of Topliss-reactive ketones (excluding diaryl/α,β-unsaturated/α-hetero) is 1. The van der Waals surface area contributed by atoms with Gasteiger partial charge in [-0.3, -0.25) is 14.4 Å². The van der Waals surface area contributed by atoms with Crippen LogP contribution in [0.2, 0.25) is 0 Å². The SMILES string of the molecule is C[C@]12CC(=O)[C@](C)(O1)[C@@H]1C(=O)N(c3cnc(C#N)c(I)c3)C(=O)[C@@H]12. The number of fused-ring (bicyclic) bond motifs is 5. The van der Waals surface area contributed by atoms with Crippen LogP contribution in [0.15, 0.2) is 12.3 Å². The summed E-state index contributed by atoms with van der Waals surface area (Å²) in [5.41, 5.74) is -1.63. The van der Waals surface area contributed by atoms with Crippen molar-refractivity contribution in [1.29, 1.82) is 5.26 Å². The van der Waals surface area contributed by atoms with E-state index in [1.54, 1.807) is 19.9 Å². The third kappa shape index (κ3) is 1.69. The van der Waals surface area contributed by atoms with Crippen molar-refractivity contribution in [3.63, 3.8) is 0 Å². The number of nitriles is 1. The molecule has 24 heavy (non-hydrogen) atoms. The Balaban J connectivity index is 1.81. The van der Waals surface area contributed by atoms with Gasteiger partial charge in [-0.05, 0) is 42.5 Å². The number of hydrogen-bond donors (Lipinski definition) is 0. The molecule has 8 heteroatoms. The Morgan fingerprint density at radius 2 is 2.00 bits per heavy atom. The van der Waals surface area contributed by atoms with Gasteiger partial charge < -0.3 is 4.74 Å². The molecule has 0 spiro atoms. The zero-order chi connectivity index (χ0) is 17.4. The van der Waals surface area contributed by atoms with Gasteiger partial charge in [0.25, 0.3) is 0 Å². The molecule has 1 aromatic heterocycles. The van der Waals surface area contributed by atoms with Gasteiger partial charge in [-0.15, -0.1) is 0 Å². The highest BCUT2D eigenvalue weighted by Crippen LogP contribution is 2.59. The molecular weight excluding hydrogens is 425 g/mol. The fourth-order valence-corrected chi connectivity index (χ4v) is 4.79. The highest BCUT2D eigenvalue weighted by molar-refractivity contribution is 14.1. The fourth-order valence-electron chi connectivity index (χ4n) is 4.21. The monoisotopic (exact) mass is 437 g/mol. The van der Waals surface area contributed by atoms with Crippen LogP contribution < -0.4 is 4.90 Å². The minimum absolute atomic E-state index is 0.137. The second-order valence-electron chi connectivity index (χ2n) is 6.72. The molecule has 3 aliphatic heterocycles. The standard InChI is InChI=1S/C16H12IN3O4/c1-15-4-10(21)16(2,24-15)12-11(15)13(22)20(14(12)23)7-3-8(17)9(5-18)19-6-7/h3,6,11-12H,4H2,1-2H3/t11-,12+,15-,16+/m1/s1. The van der Waals surface area contributed by atoms with E-state index in [0.717, 1.165) is 4.90 Å². The van der Waals surface area contributed by atoms with Crippen molar-refractivity contribution < 1.29 is 19.1 Å². The van der Waals surface area contributed by atoms with E-state index < -0.39 is 28.9 Å². The summed E-state index contributed by atoms with van der Waals surface area (Å²) in [7, 11) is 0. The van der Waals surface area contributed by atoms with Gasteiger partial charge in [0, 0.05) is 6.42 Å². The van der Waals surface area contributed by atoms with Crippen molar-refractivity contribution >= 4 is 45.9 Å². The number of ketones is 1. The van der Waals surface area contributed by atoms with Crippen molar-refractivity contribution in [2.45, 2.75) is 31.5 Å². The highest BCUT2D eigenvalue weighted by Gasteiger charge is 2.76. The third-order valence-electron chi connectivity index (χ3n) is 5.26. The van der Waals surface area contributed by atoms with Crippen molar-refractivity contribution in [3.05, 3.63) is 21.5 Å². The van der Waals surface area contributed by atoms with E-state index in [1.807, 2.05) is 28.7 Å². The predicted molar refractivity (Wildman–Crippen MR) is 88.7 cm³/mol. The first-order valence-corrected chi connectivity index (χ1v) is 8.48. The smallest absolute Gasteiger partial charge is 0.241 e. The van der Waals surface area contributed by atoms with E-state index in [9.17, 15) is 14.4 Å². The van der Waals surface area contributed by atoms with E-state index in [2.05, 4.69) is 4.98 Å². The number of carbonyl (C=O) groups excluding carboxylic acids is 3. The molecule has 4 atom stereocenters. The Hall–Kier alpha value is -1.86. The van der Waals surface area contributed by atoms with E-state index >= 15 is 0 Å². The molecule has 4 rings (SSSR count). The molecule has 2 bridgehead atoms. The Morgan fingerprint density at radius 3 is 2.62 bits per heavy atom. The van der Waals surface area contributed by atoms with Crippen LogP contribution in [-0.2, 0) is 19.1 Å². The molecule has 0 saturated carbocycles. The lowest BCUT2D eigenvalue weighted by Gasteiger charge is -2.26. The fraction of sp³-hybridized carbons (Fsp3) is 0.438. The first-order valence-electron chi connectivity index (χ1n) is 7.40. The van der Waals surface area contributed by atoms with Crippen molar-refractivity contribution in [3.8, 4) is 6.07 Å². The second-order valence-corrected chi connectivity index (χ2v) is 7.89. The number of nitrogens with zero attached hydrogens (tertiary/aromatic N) is 3. The molecule has 3 aliphatic rings. The maximum atomic E-state index is 12.9. The van der Waals surface area contributed by atoms with Crippen molar-refractivity contribution in [1.82, 2.24) is 4.98 Å². The number of anilines is 1. The second kappa shape index (κ2) is 4.61. The number of amides is 2. The quantitative estimate of drug-likeness (QED) is 0.484. The number of pyridine rings is 1. The summed E-state index contributed by atoms with van der Waals surface area (Å²) < 4.78 is 6.39. The molecule has 1 aromatic rings. The molecule has 3 saturated heterocycles. The zero-order valence-corrected chi connectivity index (χ0v) is 15.0. The molecule has 0 unspecified atom stereocenters. The summed E-state index contributed by atoms with van der Waals surface area (Å²) in [5, 5.41) is 8.97. The van der Waals surface area contributed by atoms with Crippen molar-refractivity contribution in [2.75, 3.05) is 4.90 Å². The Kier molecular flexibility index (Phi) is 3.01. The van der Waals surface area contributed by atoms with Gasteiger partial charge in [0.15, 0.2) is 11.5 Å². The largest absolute Gasteiger partial charge is 0.359 e. The summed E-state index contributed by atoms with van der Waals surface area (Å²) in [4.78, 5) is 43.2. The lowest BCUT2D eigenvalue weighted by Crippen LogP contribution is -2.46. The first-order chi connectivity index (χ1) is 11.2. The summed E-state index contributed by atoms with van der Waals surface area (Å²) in [6, 6.07) is 3.53. The average molecular weight is 437 g/mol. The normalized spacial score (nSPS) is 37.1. The molecular formula is C16H12IN3O4. The average Bonchev–Trinajstić information content (AvgIpc) is 3.01. The topological polar surface area (TPSA) is 100 Å². The van der Waals surface area contributed by atoms with Gasteiger partial charge >= 0.3 is 0 Å². The van der Waals surface area contributed by atoms with Gasteiger partial charge in [-0.25, -0.2) is 9.88 Å². The van der Waals surface area contributed by atoms with Gasteiger partial charge in [0.1, 0.15) is 11.7 Å². The van der Waals surface area contributed by atoms with Crippen LogP contribution in [0.25, 0.3) is 0 Å². The summed E-state index contributed by atoms with van der Waals surface area (Å²) in [6.45, 7) is 3.32. The number of carbonyl (C=O) groups is 3. The van der Waals surface area contributed by atoms with E-state index in [4.69, 9.17) is 10.00 Å². The van der Waals surface area contributed by atoms with Gasteiger partial charge in [0.2, 0.25) is 11.8 Å². The highest BCUT2D eigenvalue weighted by atomic mass is 127. The Labute approximate surface area is 151 Å². The van der Waals surface area contributed by atoms with Crippen LogP contribution in [0.5, 0.6) is 0 Å². The van der Waals surface area contributed by atoms with Crippen LogP contribution in [-0.4, -0.2) is 33.8 Å². The number of halogens is 1. The summed E-state index contributed by atoms with van der Waals surface area (Å²) in [5.74, 6) is -2.41. The van der Waals surface area contributed by atoms with Gasteiger partial charge in [-0.1, -0.05) is 0 Å². The molecule has 0 aromatic carbocycles. The van der Waals surface area contributed by atoms with Gasteiger partial charge in [-0.2, -0.15) is 5.26 Å². The van der Waals surface area contributed by atoms with Crippen LogP contribution in [0.4, 0.5) is 5.69 Å². The van der Waals surface area contributed by atoms with Crippen molar-refractivity contribution in [2.24, 2.45) is 11.8 Å². The van der Waals surface area contributed by atoms with E-state index in [0.29, 0.717) is 9.26 Å². The van der Waals surface area contributed by atoms with Crippen LogP contribution in [0.1, 0.15) is 26.0 Å². The molecule has 0 N–H and O–H groups in total. The number of imide groups is 1. The predicted octanol–water partition coefficient (Wildman–Crippen LogP) is 1.18. The van der Waals surface area contributed by atoms with Crippen LogP contribution >= 0.6 is 22.6 Å².